The molecule has 1 atom stereocenters. The molecule has 1 aromatic rings. The fourth-order valence-corrected chi connectivity index (χ4v) is 1.51. The van der Waals surface area contributed by atoms with Gasteiger partial charge in [-0.3, -0.25) is 0 Å². The fourth-order valence-electron chi connectivity index (χ4n) is 1.51. The highest BCUT2D eigenvalue weighted by atomic mass is 19.1. The van der Waals surface area contributed by atoms with Crippen molar-refractivity contribution in [3.63, 3.8) is 0 Å². The number of ether oxygens (including phenoxy) is 1. The molecule has 0 amide bonds. The van der Waals surface area contributed by atoms with Crippen LogP contribution in [-0.2, 0) is 0 Å². The van der Waals surface area contributed by atoms with Crippen LogP contribution in [0, 0.1) is 5.82 Å². The molecule has 3 heteroatoms. The van der Waals surface area contributed by atoms with Crippen LogP contribution in [0.3, 0.4) is 0 Å². The average molecular weight is 226 g/mol. The van der Waals surface area contributed by atoms with Crippen LogP contribution in [0.15, 0.2) is 18.2 Å². The maximum Gasteiger partial charge on any atom is 0.125 e. The van der Waals surface area contributed by atoms with E-state index in [0.29, 0.717) is 17.9 Å². The molecule has 0 bridgehead atoms. The highest BCUT2D eigenvalue weighted by Gasteiger charge is 2.10. The number of benzene rings is 1. The van der Waals surface area contributed by atoms with Crippen molar-refractivity contribution >= 4 is 0 Å². The van der Waals surface area contributed by atoms with Gasteiger partial charge in [-0.05, 0) is 31.5 Å². The number of rotatable bonds is 6. The lowest BCUT2D eigenvalue weighted by atomic mass is 10.1. The van der Waals surface area contributed by atoms with Gasteiger partial charge in [0.05, 0.1) is 12.7 Å². The summed E-state index contributed by atoms with van der Waals surface area (Å²) in [5.41, 5.74) is 0.511. The van der Waals surface area contributed by atoms with Crippen molar-refractivity contribution in [2.75, 3.05) is 6.61 Å². The molecule has 0 saturated heterocycles. The Morgan fingerprint density at radius 1 is 1.38 bits per heavy atom. The molecule has 0 fully saturated rings. The van der Waals surface area contributed by atoms with E-state index >= 15 is 0 Å². The number of aliphatic hydroxyl groups excluding tert-OH is 1. The number of halogens is 1. The van der Waals surface area contributed by atoms with Gasteiger partial charge < -0.3 is 9.84 Å². The van der Waals surface area contributed by atoms with Crippen molar-refractivity contribution in [1.29, 1.82) is 0 Å². The summed E-state index contributed by atoms with van der Waals surface area (Å²) in [6.07, 6.45) is 2.52. The standard InChI is InChI=1S/C13H19FO2/c1-3-4-5-8-16-13-7-6-11(14)9-12(13)10(2)15/h6-7,9-10,15H,3-5,8H2,1-2H3/t10-/m0/s1. The summed E-state index contributed by atoms with van der Waals surface area (Å²) in [4.78, 5) is 0. The minimum atomic E-state index is -0.711. The Hall–Kier alpha value is -1.09. The van der Waals surface area contributed by atoms with E-state index in [1.165, 1.54) is 12.1 Å². The second-order valence-electron chi connectivity index (χ2n) is 3.91. The molecule has 0 radical (unpaired) electrons. The molecule has 16 heavy (non-hydrogen) atoms. The molecule has 0 heterocycles. The quantitative estimate of drug-likeness (QED) is 0.753. The smallest absolute Gasteiger partial charge is 0.125 e. The van der Waals surface area contributed by atoms with E-state index in [1.807, 2.05) is 0 Å². The van der Waals surface area contributed by atoms with Gasteiger partial charge in [0.2, 0.25) is 0 Å². The topological polar surface area (TPSA) is 29.5 Å². The van der Waals surface area contributed by atoms with Crippen molar-refractivity contribution < 1.29 is 14.2 Å². The van der Waals surface area contributed by atoms with Crippen LogP contribution in [0.4, 0.5) is 4.39 Å². The number of hydrogen-bond donors (Lipinski definition) is 1. The highest BCUT2D eigenvalue weighted by molar-refractivity contribution is 5.35. The molecular weight excluding hydrogens is 207 g/mol. The molecule has 90 valence electrons. The Morgan fingerprint density at radius 3 is 2.75 bits per heavy atom. The number of hydrogen-bond acceptors (Lipinski definition) is 2. The van der Waals surface area contributed by atoms with Crippen LogP contribution in [0.5, 0.6) is 5.75 Å². The molecular formula is C13H19FO2. The van der Waals surface area contributed by atoms with Crippen LogP contribution in [-0.4, -0.2) is 11.7 Å². The monoisotopic (exact) mass is 226 g/mol. The van der Waals surface area contributed by atoms with E-state index in [4.69, 9.17) is 4.74 Å². The van der Waals surface area contributed by atoms with Crippen molar-refractivity contribution in [3.8, 4) is 5.75 Å². The maximum absolute atomic E-state index is 13.0. The SMILES string of the molecule is CCCCCOc1ccc(F)cc1[C@H](C)O. The predicted molar refractivity (Wildman–Crippen MR) is 62.1 cm³/mol. The summed E-state index contributed by atoms with van der Waals surface area (Å²) in [5.74, 6) is 0.226. The molecule has 0 aliphatic carbocycles. The van der Waals surface area contributed by atoms with Gasteiger partial charge in [0, 0.05) is 5.56 Å². The van der Waals surface area contributed by atoms with Gasteiger partial charge in [0.15, 0.2) is 0 Å². The molecule has 1 N–H and O–H groups in total. The predicted octanol–water partition coefficient (Wildman–Crippen LogP) is 3.45. The number of aliphatic hydroxyl groups is 1. The van der Waals surface area contributed by atoms with E-state index in [0.717, 1.165) is 19.3 Å². The summed E-state index contributed by atoms with van der Waals surface area (Å²) in [6.45, 7) is 4.34. The Kier molecular flexibility index (Phi) is 5.26. The second-order valence-corrected chi connectivity index (χ2v) is 3.91. The van der Waals surface area contributed by atoms with Crippen molar-refractivity contribution in [1.82, 2.24) is 0 Å². The van der Waals surface area contributed by atoms with Gasteiger partial charge in [-0.1, -0.05) is 19.8 Å². The fraction of sp³-hybridized carbons (Fsp3) is 0.538. The average Bonchev–Trinajstić information content (AvgIpc) is 2.26. The first kappa shape index (κ1) is 13.0. The molecule has 0 spiro atoms. The summed E-state index contributed by atoms with van der Waals surface area (Å²) < 4.78 is 18.5. The van der Waals surface area contributed by atoms with E-state index in [9.17, 15) is 9.50 Å². The summed E-state index contributed by atoms with van der Waals surface area (Å²) in [6, 6.07) is 4.24. The van der Waals surface area contributed by atoms with E-state index in [-0.39, 0.29) is 5.82 Å². The molecule has 0 saturated carbocycles. The third-order valence-corrected chi connectivity index (χ3v) is 2.43. The van der Waals surface area contributed by atoms with Crippen molar-refractivity contribution in [2.45, 2.75) is 39.2 Å². The molecule has 2 nitrogen and oxygen atoms in total. The maximum atomic E-state index is 13.0. The lowest BCUT2D eigenvalue weighted by molar-refractivity contribution is 0.190. The zero-order valence-electron chi connectivity index (χ0n) is 9.87. The zero-order valence-corrected chi connectivity index (χ0v) is 9.87. The van der Waals surface area contributed by atoms with Gasteiger partial charge in [-0.15, -0.1) is 0 Å². The highest BCUT2D eigenvalue weighted by Crippen LogP contribution is 2.26. The van der Waals surface area contributed by atoms with Gasteiger partial charge >= 0.3 is 0 Å². The lowest BCUT2D eigenvalue weighted by Gasteiger charge is -2.13. The third kappa shape index (κ3) is 3.81. The van der Waals surface area contributed by atoms with Gasteiger partial charge in [0.1, 0.15) is 11.6 Å². The van der Waals surface area contributed by atoms with Gasteiger partial charge in [-0.2, -0.15) is 0 Å². The molecule has 1 rings (SSSR count). The molecule has 0 aromatic heterocycles. The van der Waals surface area contributed by atoms with Gasteiger partial charge in [-0.25, -0.2) is 4.39 Å². The minimum Gasteiger partial charge on any atom is -0.493 e. The Balaban J connectivity index is 2.64. The van der Waals surface area contributed by atoms with E-state index in [1.54, 1.807) is 13.0 Å². The first-order valence-electron chi connectivity index (χ1n) is 5.75. The normalized spacial score (nSPS) is 12.5. The van der Waals surface area contributed by atoms with Crippen LogP contribution >= 0.6 is 0 Å². The Bertz CT molecular complexity index is 324. The van der Waals surface area contributed by atoms with E-state index < -0.39 is 6.10 Å². The Morgan fingerprint density at radius 2 is 2.12 bits per heavy atom. The van der Waals surface area contributed by atoms with Crippen LogP contribution in [0.2, 0.25) is 0 Å². The molecule has 0 aliphatic heterocycles. The minimum absolute atomic E-state index is 0.350. The first-order valence-corrected chi connectivity index (χ1v) is 5.75. The van der Waals surface area contributed by atoms with Crippen molar-refractivity contribution in [2.24, 2.45) is 0 Å². The summed E-state index contributed by atoms with van der Waals surface area (Å²) in [7, 11) is 0. The largest absolute Gasteiger partial charge is 0.493 e. The second kappa shape index (κ2) is 6.48. The molecule has 1 aromatic carbocycles. The summed E-state index contributed by atoms with van der Waals surface area (Å²) in [5, 5.41) is 9.49. The van der Waals surface area contributed by atoms with Crippen LogP contribution < -0.4 is 4.74 Å². The van der Waals surface area contributed by atoms with Crippen LogP contribution in [0.25, 0.3) is 0 Å². The summed E-state index contributed by atoms with van der Waals surface area (Å²) >= 11 is 0. The van der Waals surface area contributed by atoms with Crippen molar-refractivity contribution in [3.05, 3.63) is 29.6 Å². The number of unbranched alkanes of at least 4 members (excludes halogenated alkanes) is 2. The first-order chi connectivity index (χ1) is 7.65. The van der Waals surface area contributed by atoms with Gasteiger partial charge in [0.25, 0.3) is 0 Å². The molecule has 0 unspecified atom stereocenters. The Labute approximate surface area is 96.1 Å². The van der Waals surface area contributed by atoms with Crippen LogP contribution in [0.1, 0.15) is 44.8 Å². The third-order valence-electron chi connectivity index (χ3n) is 2.43. The lowest BCUT2D eigenvalue weighted by Crippen LogP contribution is -2.02. The zero-order chi connectivity index (χ0) is 12.0. The van der Waals surface area contributed by atoms with E-state index in [2.05, 4.69) is 6.92 Å². The molecule has 0 aliphatic rings.